The van der Waals surface area contributed by atoms with Gasteiger partial charge in [-0.1, -0.05) is 57.0 Å². The molecule has 0 spiro atoms. The molecule has 0 amide bonds. The van der Waals surface area contributed by atoms with Crippen LogP contribution in [0.5, 0.6) is 0 Å². The van der Waals surface area contributed by atoms with Gasteiger partial charge < -0.3 is 9.47 Å². The molecule has 1 aliphatic heterocycles. The maximum atomic E-state index is 5.54. The van der Waals surface area contributed by atoms with E-state index in [4.69, 9.17) is 9.47 Å². The molecule has 1 aromatic carbocycles. The van der Waals surface area contributed by atoms with E-state index in [9.17, 15) is 0 Å². The van der Waals surface area contributed by atoms with Gasteiger partial charge in [0, 0.05) is 5.56 Å². The standard InChI is InChI=1S/C19H26O2/c1-3-19(4-2)11-9-16(10-12-19)15-5-7-17(8-6-15)18-20-13-14-21-18/h5-9,18H,3-4,10-14H2,1-2H3. The lowest BCUT2D eigenvalue weighted by molar-refractivity contribution is -0.0441. The van der Waals surface area contributed by atoms with Crippen LogP contribution in [-0.4, -0.2) is 13.2 Å². The largest absolute Gasteiger partial charge is 0.346 e. The van der Waals surface area contributed by atoms with Crippen LogP contribution in [0.4, 0.5) is 0 Å². The van der Waals surface area contributed by atoms with Crippen molar-refractivity contribution in [2.24, 2.45) is 5.41 Å². The predicted molar refractivity (Wildman–Crippen MR) is 85.9 cm³/mol. The zero-order valence-electron chi connectivity index (χ0n) is 13.2. The van der Waals surface area contributed by atoms with Crippen molar-refractivity contribution < 1.29 is 9.47 Å². The van der Waals surface area contributed by atoms with Gasteiger partial charge in [-0.3, -0.25) is 0 Å². The van der Waals surface area contributed by atoms with E-state index in [1.807, 2.05) is 0 Å². The Morgan fingerprint density at radius 2 is 1.71 bits per heavy atom. The van der Waals surface area contributed by atoms with Crippen molar-refractivity contribution in [3.63, 3.8) is 0 Å². The van der Waals surface area contributed by atoms with E-state index in [0.717, 1.165) is 5.56 Å². The average Bonchev–Trinajstić information content (AvgIpc) is 3.10. The predicted octanol–water partition coefficient (Wildman–Crippen LogP) is 5.11. The van der Waals surface area contributed by atoms with Crippen molar-refractivity contribution in [1.82, 2.24) is 0 Å². The molecule has 0 aromatic heterocycles. The molecule has 0 bridgehead atoms. The summed E-state index contributed by atoms with van der Waals surface area (Å²) in [5, 5.41) is 0. The van der Waals surface area contributed by atoms with Gasteiger partial charge in [0.1, 0.15) is 0 Å². The Morgan fingerprint density at radius 3 is 2.24 bits per heavy atom. The molecule has 2 heteroatoms. The molecule has 0 saturated carbocycles. The minimum absolute atomic E-state index is 0.160. The number of allylic oxidation sites excluding steroid dienone is 2. The van der Waals surface area contributed by atoms with E-state index >= 15 is 0 Å². The van der Waals surface area contributed by atoms with Gasteiger partial charge in [0.2, 0.25) is 0 Å². The Hall–Kier alpha value is -1.12. The zero-order chi connectivity index (χ0) is 14.7. The highest BCUT2D eigenvalue weighted by Gasteiger charge is 2.28. The highest BCUT2D eigenvalue weighted by molar-refractivity contribution is 5.66. The van der Waals surface area contributed by atoms with Crippen LogP contribution in [0.1, 0.15) is 63.4 Å². The molecule has 0 radical (unpaired) electrons. The number of hydrogen-bond acceptors (Lipinski definition) is 2. The van der Waals surface area contributed by atoms with Gasteiger partial charge in [-0.15, -0.1) is 0 Å². The smallest absolute Gasteiger partial charge is 0.184 e. The Bertz CT molecular complexity index is 491. The third-order valence-electron chi connectivity index (χ3n) is 5.38. The molecule has 1 heterocycles. The lowest BCUT2D eigenvalue weighted by Gasteiger charge is -2.35. The fourth-order valence-electron chi connectivity index (χ4n) is 3.50. The molecule has 21 heavy (non-hydrogen) atoms. The molecule has 2 aliphatic rings. The summed E-state index contributed by atoms with van der Waals surface area (Å²) in [6, 6.07) is 8.73. The van der Waals surface area contributed by atoms with Gasteiger partial charge in [-0.2, -0.15) is 0 Å². The highest BCUT2D eigenvalue weighted by atomic mass is 16.7. The second kappa shape index (κ2) is 6.33. The van der Waals surface area contributed by atoms with Crippen LogP contribution >= 0.6 is 0 Å². The fraction of sp³-hybridized carbons (Fsp3) is 0.579. The van der Waals surface area contributed by atoms with Crippen molar-refractivity contribution in [2.75, 3.05) is 13.2 Å². The molecule has 1 fully saturated rings. The zero-order valence-corrected chi connectivity index (χ0v) is 13.2. The van der Waals surface area contributed by atoms with E-state index in [2.05, 4.69) is 44.2 Å². The quantitative estimate of drug-likeness (QED) is 0.766. The van der Waals surface area contributed by atoms with Crippen molar-refractivity contribution in [3.8, 4) is 0 Å². The third-order valence-corrected chi connectivity index (χ3v) is 5.38. The second-order valence-corrected chi connectivity index (χ2v) is 6.34. The van der Waals surface area contributed by atoms with Gasteiger partial charge in [0.25, 0.3) is 0 Å². The van der Waals surface area contributed by atoms with Gasteiger partial charge >= 0.3 is 0 Å². The number of rotatable bonds is 4. The summed E-state index contributed by atoms with van der Waals surface area (Å²) in [5.41, 5.74) is 4.55. The maximum absolute atomic E-state index is 5.54. The second-order valence-electron chi connectivity index (χ2n) is 6.34. The monoisotopic (exact) mass is 286 g/mol. The summed E-state index contributed by atoms with van der Waals surface area (Å²) in [4.78, 5) is 0. The molecule has 114 valence electrons. The first kappa shape index (κ1) is 14.8. The summed E-state index contributed by atoms with van der Waals surface area (Å²) in [5.74, 6) is 0. The summed E-state index contributed by atoms with van der Waals surface area (Å²) < 4.78 is 11.1. The lowest BCUT2D eigenvalue weighted by atomic mass is 9.70. The molecule has 0 unspecified atom stereocenters. The van der Waals surface area contributed by atoms with Crippen LogP contribution < -0.4 is 0 Å². The molecule has 0 N–H and O–H groups in total. The summed E-state index contributed by atoms with van der Waals surface area (Å²) >= 11 is 0. The van der Waals surface area contributed by atoms with E-state index in [1.165, 1.54) is 43.2 Å². The van der Waals surface area contributed by atoms with E-state index in [-0.39, 0.29) is 6.29 Å². The Kier molecular flexibility index (Phi) is 4.46. The lowest BCUT2D eigenvalue weighted by Crippen LogP contribution is -2.21. The van der Waals surface area contributed by atoms with Crippen LogP contribution in [0.15, 0.2) is 30.3 Å². The summed E-state index contributed by atoms with van der Waals surface area (Å²) in [6.07, 6.45) is 8.65. The minimum Gasteiger partial charge on any atom is -0.346 e. The molecule has 2 nitrogen and oxygen atoms in total. The summed E-state index contributed by atoms with van der Waals surface area (Å²) in [6.45, 7) is 6.07. The van der Waals surface area contributed by atoms with Crippen molar-refractivity contribution in [3.05, 3.63) is 41.5 Å². The SMILES string of the molecule is CCC1(CC)CC=C(c2ccc(C3OCCO3)cc2)CC1. The van der Waals surface area contributed by atoms with Gasteiger partial charge in [0.05, 0.1) is 13.2 Å². The van der Waals surface area contributed by atoms with E-state index in [1.54, 1.807) is 0 Å². The highest BCUT2D eigenvalue weighted by Crippen LogP contribution is 2.43. The minimum atomic E-state index is -0.160. The first-order chi connectivity index (χ1) is 10.3. The van der Waals surface area contributed by atoms with Crippen LogP contribution in [0.2, 0.25) is 0 Å². The molecular weight excluding hydrogens is 260 g/mol. The molecule has 1 aliphatic carbocycles. The first-order valence-electron chi connectivity index (χ1n) is 8.29. The van der Waals surface area contributed by atoms with Gasteiger partial charge in [0.15, 0.2) is 6.29 Å². The first-order valence-corrected chi connectivity index (χ1v) is 8.29. The Morgan fingerprint density at radius 1 is 1.05 bits per heavy atom. The number of ether oxygens (including phenoxy) is 2. The number of hydrogen-bond donors (Lipinski definition) is 0. The normalized spacial score (nSPS) is 22.3. The Labute approximate surface area is 128 Å². The Balaban J connectivity index is 1.71. The molecular formula is C19H26O2. The number of benzene rings is 1. The van der Waals surface area contributed by atoms with Crippen molar-refractivity contribution >= 4 is 5.57 Å². The van der Waals surface area contributed by atoms with Gasteiger partial charge in [-0.25, -0.2) is 0 Å². The fourth-order valence-corrected chi connectivity index (χ4v) is 3.50. The third kappa shape index (κ3) is 3.07. The van der Waals surface area contributed by atoms with Crippen molar-refractivity contribution in [2.45, 2.75) is 52.2 Å². The van der Waals surface area contributed by atoms with Crippen molar-refractivity contribution in [1.29, 1.82) is 0 Å². The van der Waals surface area contributed by atoms with Gasteiger partial charge in [-0.05, 0) is 35.8 Å². The van der Waals surface area contributed by atoms with E-state index < -0.39 is 0 Å². The molecule has 3 rings (SSSR count). The van der Waals surface area contributed by atoms with Crippen LogP contribution in [-0.2, 0) is 9.47 Å². The van der Waals surface area contributed by atoms with Crippen LogP contribution in [0.3, 0.4) is 0 Å². The summed E-state index contributed by atoms with van der Waals surface area (Å²) in [7, 11) is 0. The van der Waals surface area contributed by atoms with E-state index in [0.29, 0.717) is 18.6 Å². The van der Waals surface area contributed by atoms with Crippen LogP contribution in [0, 0.1) is 5.41 Å². The molecule has 1 aromatic rings. The topological polar surface area (TPSA) is 18.5 Å². The molecule has 1 saturated heterocycles. The average molecular weight is 286 g/mol. The van der Waals surface area contributed by atoms with Crippen LogP contribution in [0.25, 0.3) is 5.57 Å². The molecule has 0 atom stereocenters. The maximum Gasteiger partial charge on any atom is 0.184 e.